The molecule has 0 heterocycles. The Morgan fingerprint density at radius 3 is 1.00 bits per heavy atom. The molecule has 0 saturated carbocycles. The van der Waals surface area contributed by atoms with Gasteiger partial charge in [-0.05, 0) is 122 Å². The van der Waals surface area contributed by atoms with Crippen molar-refractivity contribution in [3.05, 3.63) is 109 Å². The van der Waals surface area contributed by atoms with Gasteiger partial charge in [-0.1, -0.05) is 207 Å². The minimum Gasteiger partial charge on any atom is -0.462 e. The van der Waals surface area contributed by atoms with Crippen LogP contribution in [0.3, 0.4) is 0 Å². The third-order valence-electron chi connectivity index (χ3n) is 11.2. The van der Waals surface area contributed by atoms with E-state index in [0.717, 1.165) is 103 Å². The average Bonchev–Trinajstić information content (AvgIpc) is 3.33. The first-order valence-electron chi connectivity index (χ1n) is 27.4. The SMILES string of the molecule is CC/C=C\C/C=C\C/C=C\C/C=C\C/C=C\CCCC(=O)O[C@H](COC(=O)CCCCCC/C=C\C/C=C\C/C=C\CCCCC)COC(=O)CCCCCCCCC/C=C\CCCCCC. The number of hydrogen-bond donors (Lipinski definition) is 0. The first-order chi connectivity index (χ1) is 33.0. The van der Waals surface area contributed by atoms with Gasteiger partial charge in [0.2, 0.25) is 0 Å². The Hall–Kier alpha value is -3.93. The first kappa shape index (κ1) is 63.1. The molecular weight excluding hydrogens is 829 g/mol. The standard InChI is InChI=1S/C61H100O6/c1-4-7-10-13-16-19-22-25-28-30-33-36-39-42-45-48-51-54-60(63)66-57-58(56-65-59(62)53-50-47-44-41-38-35-32-27-24-21-18-15-12-9-6-3)67-61(64)55-52-49-46-43-40-37-34-31-29-26-23-20-17-14-11-8-5-2/h8,11,16-17,19-21,24-26,28-29,33-34,36-37,43,46,58H,4-7,9-10,12-15,18,22-23,27,30-32,35,38-42,44-45,47-57H2,1-3H3/b11-8-,19-16-,20-17-,24-21-,28-25-,29-26-,36-33-,37-34-,46-43-/t58-/m0/s1. The molecule has 0 fully saturated rings. The highest BCUT2D eigenvalue weighted by Crippen LogP contribution is 2.13. The summed E-state index contributed by atoms with van der Waals surface area (Å²) in [6, 6.07) is 0. The summed E-state index contributed by atoms with van der Waals surface area (Å²) in [5, 5.41) is 0. The Morgan fingerprint density at radius 2 is 0.597 bits per heavy atom. The van der Waals surface area contributed by atoms with Gasteiger partial charge in [-0.15, -0.1) is 0 Å². The molecule has 0 bridgehead atoms. The van der Waals surface area contributed by atoms with E-state index in [1.165, 1.54) is 89.9 Å². The molecule has 380 valence electrons. The number of unbranched alkanes of at least 4 members (excludes halogenated alkanes) is 19. The smallest absolute Gasteiger partial charge is 0.306 e. The van der Waals surface area contributed by atoms with E-state index in [9.17, 15) is 14.4 Å². The van der Waals surface area contributed by atoms with Gasteiger partial charge in [0, 0.05) is 19.3 Å². The maximum Gasteiger partial charge on any atom is 0.306 e. The second-order valence-electron chi connectivity index (χ2n) is 17.7. The van der Waals surface area contributed by atoms with Crippen molar-refractivity contribution in [2.24, 2.45) is 0 Å². The molecule has 0 radical (unpaired) electrons. The van der Waals surface area contributed by atoms with Crippen molar-refractivity contribution in [3.8, 4) is 0 Å². The molecule has 0 aromatic carbocycles. The molecule has 0 aromatic rings. The summed E-state index contributed by atoms with van der Waals surface area (Å²) in [4.78, 5) is 38.1. The normalized spacial score (nSPS) is 12.9. The van der Waals surface area contributed by atoms with E-state index in [0.29, 0.717) is 19.3 Å². The number of carbonyl (C=O) groups is 3. The lowest BCUT2D eigenvalue weighted by Gasteiger charge is -2.18. The lowest BCUT2D eigenvalue weighted by molar-refractivity contribution is -0.167. The molecule has 0 rings (SSSR count). The lowest BCUT2D eigenvalue weighted by atomic mass is 10.1. The molecule has 0 N–H and O–H groups in total. The van der Waals surface area contributed by atoms with Crippen molar-refractivity contribution < 1.29 is 28.6 Å². The van der Waals surface area contributed by atoms with Crippen LogP contribution in [0.2, 0.25) is 0 Å². The Morgan fingerprint density at radius 1 is 0.313 bits per heavy atom. The number of hydrogen-bond acceptors (Lipinski definition) is 6. The van der Waals surface area contributed by atoms with Gasteiger partial charge in [0.25, 0.3) is 0 Å². The van der Waals surface area contributed by atoms with Crippen molar-refractivity contribution >= 4 is 17.9 Å². The van der Waals surface area contributed by atoms with Crippen molar-refractivity contribution in [3.63, 3.8) is 0 Å². The average molecular weight is 929 g/mol. The number of carbonyl (C=O) groups excluding carboxylic acids is 3. The predicted molar refractivity (Wildman–Crippen MR) is 288 cm³/mol. The zero-order chi connectivity index (χ0) is 48.6. The number of esters is 3. The fourth-order valence-electron chi connectivity index (χ4n) is 7.13. The van der Waals surface area contributed by atoms with E-state index in [4.69, 9.17) is 14.2 Å². The van der Waals surface area contributed by atoms with E-state index >= 15 is 0 Å². The third kappa shape index (κ3) is 52.9. The third-order valence-corrected chi connectivity index (χ3v) is 11.2. The molecule has 6 nitrogen and oxygen atoms in total. The fourth-order valence-corrected chi connectivity index (χ4v) is 7.13. The minimum atomic E-state index is -0.821. The van der Waals surface area contributed by atoms with Crippen LogP contribution in [0.1, 0.15) is 239 Å². The van der Waals surface area contributed by atoms with Crippen LogP contribution in [0.4, 0.5) is 0 Å². The zero-order valence-corrected chi connectivity index (χ0v) is 43.4. The fraction of sp³-hybridized carbons (Fsp3) is 0.656. The molecule has 0 aliphatic rings. The molecule has 0 unspecified atom stereocenters. The van der Waals surface area contributed by atoms with Crippen LogP contribution >= 0.6 is 0 Å². The Bertz CT molecular complexity index is 1390. The highest BCUT2D eigenvalue weighted by Gasteiger charge is 2.19. The van der Waals surface area contributed by atoms with Crippen molar-refractivity contribution in [1.29, 1.82) is 0 Å². The van der Waals surface area contributed by atoms with Crippen LogP contribution in [0.25, 0.3) is 0 Å². The highest BCUT2D eigenvalue weighted by atomic mass is 16.6. The minimum absolute atomic E-state index is 0.112. The number of ether oxygens (including phenoxy) is 3. The Kier molecular flexibility index (Phi) is 51.5. The van der Waals surface area contributed by atoms with Crippen molar-refractivity contribution in [2.45, 2.75) is 245 Å². The van der Waals surface area contributed by atoms with Crippen LogP contribution in [0, 0.1) is 0 Å². The second-order valence-corrected chi connectivity index (χ2v) is 17.7. The Labute approximate surface area is 412 Å². The van der Waals surface area contributed by atoms with Crippen molar-refractivity contribution in [1.82, 2.24) is 0 Å². The van der Waals surface area contributed by atoms with E-state index in [2.05, 4.69) is 130 Å². The van der Waals surface area contributed by atoms with Crippen LogP contribution in [0.5, 0.6) is 0 Å². The maximum absolute atomic E-state index is 12.8. The first-order valence-corrected chi connectivity index (χ1v) is 27.4. The molecule has 67 heavy (non-hydrogen) atoms. The van der Waals surface area contributed by atoms with Gasteiger partial charge in [0.05, 0.1) is 0 Å². The Balaban J connectivity index is 4.54. The van der Waals surface area contributed by atoms with Gasteiger partial charge >= 0.3 is 17.9 Å². The zero-order valence-electron chi connectivity index (χ0n) is 43.4. The summed E-state index contributed by atoms with van der Waals surface area (Å²) in [6.45, 7) is 6.41. The summed E-state index contributed by atoms with van der Waals surface area (Å²) < 4.78 is 16.8. The van der Waals surface area contributed by atoms with Crippen LogP contribution in [0.15, 0.2) is 109 Å². The van der Waals surface area contributed by atoms with Gasteiger partial charge in [-0.2, -0.15) is 0 Å². The van der Waals surface area contributed by atoms with Crippen LogP contribution in [-0.2, 0) is 28.6 Å². The van der Waals surface area contributed by atoms with Gasteiger partial charge < -0.3 is 14.2 Å². The summed E-state index contributed by atoms with van der Waals surface area (Å²) >= 11 is 0. The molecule has 1 atom stereocenters. The lowest BCUT2D eigenvalue weighted by Crippen LogP contribution is -2.30. The van der Waals surface area contributed by atoms with Gasteiger partial charge in [0.1, 0.15) is 13.2 Å². The van der Waals surface area contributed by atoms with Gasteiger partial charge in [0.15, 0.2) is 6.10 Å². The van der Waals surface area contributed by atoms with E-state index in [1.807, 2.05) is 0 Å². The largest absolute Gasteiger partial charge is 0.462 e. The summed E-state index contributed by atoms with van der Waals surface area (Å²) in [5.74, 6) is -1.000. The molecule has 0 amide bonds. The molecule has 6 heteroatoms. The molecule has 0 spiro atoms. The molecule has 0 saturated heterocycles. The monoisotopic (exact) mass is 929 g/mol. The summed E-state index contributed by atoms with van der Waals surface area (Å²) in [6.07, 6.45) is 73.6. The van der Waals surface area contributed by atoms with E-state index in [-0.39, 0.29) is 37.5 Å². The van der Waals surface area contributed by atoms with Crippen LogP contribution < -0.4 is 0 Å². The van der Waals surface area contributed by atoms with Crippen molar-refractivity contribution in [2.75, 3.05) is 13.2 Å². The molecule has 0 aromatic heterocycles. The molecule has 0 aliphatic heterocycles. The topological polar surface area (TPSA) is 78.9 Å². The number of rotatable bonds is 48. The molecule has 0 aliphatic carbocycles. The van der Waals surface area contributed by atoms with Crippen LogP contribution in [-0.4, -0.2) is 37.2 Å². The highest BCUT2D eigenvalue weighted by molar-refractivity contribution is 5.71. The summed E-state index contributed by atoms with van der Waals surface area (Å²) in [5.41, 5.74) is 0. The van der Waals surface area contributed by atoms with E-state index in [1.54, 1.807) is 0 Å². The predicted octanol–water partition coefficient (Wildman–Crippen LogP) is 18.3. The maximum atomic E-state index is 12.8. The summed E-state index contributed by atoms with van der Waals surface area (Å²) in [7, 11) is 0. The van der Waals surface area contributed by atoms with Gasteiger partial charge in [-0.25, -0.2) is 0 Å². The second kappa shape index (κ2) is 54.7. The number of allylic oxidation sites excluding steroid dienone is 18. The molecular formula is C61H100O6. The van der Waals surface area contributed by atoms with E-state index < -0.39 is 6.10 Å². The quantitative estimate of drug-likeness (QED) is 0.0262. The van der Waals surface area contributed by atoms with Gasteiger partial charge in [-0.3, -0.25) is 14.4 Å².